The van der Waals surface area contributed by atoms with Gasteiger partial charge >= 0.3 is 7.60 Å². The molecule has 0 aliphatic carbocycles. The second-order valence-electron chi connectivity index (χ2n) is 7.06. The highest BCUT2D eigenvalue weighted by molar-refractivity contribution is 7.55. The summed E-state index contributed by atoms with van der Waals surface area (Å²) in [7, 11) is -3.60. The van der Waals surface area contributed by atoms with Gasteiger partial charge in [-0.2, -0.15) is 0 Å². The monoisotopic (exact) mass is 418 g/mol. The van der Waals surface area contributed by atoms with Crippen LogP contribution in [-0.4, -0.2) is 24.0 Å². The normalized spacial score (nSPS) is 21.7. The molecular weight excluding hydrogens is 394 g/mol. The van der Waals surface area contributed by atoms with Gasteiger partial charge in [-0.05, 0) is 32.9 Å². The molecule has 2 rings (SSSR count). The zero-order chi connectivity index (χ0) is 19.6. The van der Waals surface area contributed by atoms with Gasteiger partial charge in [0.1, 0.15) is 5.28 Å². The zero-order valence-electron chi connectivity index (χ0n) is 15.3. The van der Waals surface area contributed by atoms with Gasteiger partial charge in [0.05, 0.1) is 34.6 Å². The Morgan fingerprint density at radius 1 is 1.08 bits per heavy atom. The maximum Gasteiger partial charge on any atom is 0.356 e. The third kappa shape index (κ3) is 4.47. The van der Waals surface area contributed by atoms with E-state index in [0.29, 0.717) is 22.2 Å². The van der Waals surface area contributed by atoms with E-state index in [1.807, 2.05) is 20.8 Å². The first kappa shape index (κ1) is 21.3. The molecule has 0 aromatic heterocycles. The number of hydrogen-bond acceptors (Lipinski definition) is 5. The van der Waals surface area contributed by atoms with Crippen LogP contribution in [0.5, 0.6) is 0 Å². The Morgan fingerprint density at radius 3 is 2.00 bits per heavy atom. The standard InChI is InChI=1S/C18H25Cl2N2O3P/c1-6-8-24-26(23,25-9-7-2)18(5)12-17(3,4)21-15-10-13(19)14(20)11-16(15)22-18/h6-7,10-11,21-22H,1-2,8-9,12H2,3-5H3. The number of halogens is 2. The van der Waals surface area contributed by atoms with Gasteiger partial charge in [-0.15, -0.1) is 13.2 Å². The van der Waals surface area contributed by atoms with Crippen LogP contribution in [0.2, 0.25) is 10.0 Å². The molecule has 1 atom stereocenters. The molecule has 1 aromatic carbocycles. The molecule has 5 nitrogen and oxygen atoms in total. The predicted octanol–water partition coefficient (Wildman–Crippen LogP) is 6.31. The van der Waals surface area contributed by atoms with Crippen molar-refractivity contribution in [3.8, 4) is 0 Å². The molecule has 0 radical (unpaired) electrons. The Bertz CT molecular complexity index is 738. The lowest BCUT2D eigenvalue weighted by Crippen LogP contribution is -2.43. The molecule has 8 heteroatoms. The second-order valence-corrected chi connectivity index (χ2v) is 10.4. The maximum absolute atomic E-state index is 13.7. The lowest BCUT2D eigenvalue weighted by atomic mass is 9.96. The molecule has 1 aliphatic heterocycles. The van der Waals surface area contributed by atoms with Crippen molar-refractivity contribution >= 4 is 42.2 Å². The van der Waals surface area contributed by atoms with Crippen molar-refractivity contribution in [1.82, 2.24) is 0 Å². The molecule has 2 N–H and O–H groups in total. The fraction of sp³-hybridized carbons (Fsp3) is 0.444. The average molecular weight is 419 g/mol. The summed E-state index contributed by atoms with van der Waals surface area (Å²) in [5.41, 5.74) is 1.03. The Kier molecular flexibility index (Phi) is 6.53. The first-order valence-electron chi connectivity index (χ1n) is 8.22. The Labute approximate surface area is 165 Å². The molecule has 1 unspecified atom stereocenters. The van der Waals surface area contributed by atoms with Gasteiger partial charge in [0.25, 0.3) is 0 Å². The molecule has 144 valence electrons. The minimum absolute atomic E-state index is 0.105. The molecule has 26 heavy (non-hydrogen) atoms. The maximum atomic E-state index is 13.7. The number of benzene rings is 1. The second kappa shape index (κ2) is 7.95. The molecule has 0 bridgehead atoms. The van der Waals surface area contributed by atoms with Crippen LogP contribution in [-0.2, 0) is 13.6 Å². The van der Waals surface area contributed by atoms with Gasteiger partial charge < -0.3 is 19.7 Å². The van der Waals surface area contributed by atoms with Gasteiger partial charge in [-0.25, -0.2) is 0 Å². The third-order valence-electron chi connectivity index (χ3n) is 4.05. The van der Waals surface area contributed by atoms with Crippen molar-refractivity contribution in [3.63, 3.8) is 0 Å². The lowest BCUT2D eigenvalue weighted by molar-refractivity contribution is 0.210. The van der Waals surface area contributed by atoms with E-state index in [-0.39, 0.29) is 13.2 Å². The van der Waals surface area contributed by atoms with E-state index in [4.69, 9.17) is 32.2 Å². The quantitative estimate of drug-likeness (QED) is 0.401. The molecule has 0 fully saturated rings. The van der Waals surface area contributed by atoms with Crippen LogP contribution in [0.25, 0.3) is 0 Å². The lowest BCUT2D eigenvalue weighted by Gasteiger charge is -2.39. The Balaban J connectivity index is 2.55. The van der Waals surface area contributed by atoms with Gasteiger partial charge in [0.15, 0.2) is 0 Å². The van der Waals surface area contributed by atoms with Crippen molar-refractivity contribution in [2.75, 3.05) is 23.8 Å². The van der Waals surface area contributed by atoms with Gasteiger partial charge in [0.2, 0.25) is 0 Å². The minimum Gasteiger partial charge on any atom is -0.378 e. The largest absolute Gasteiger partial charge is 0.378 e. The number of fused-ring (bicyclic) bond motifs is 1. The number of hydrogen-bond donors (Lipinski definition) is 2. The average Bonchev–Trinajstić information content (AvgIpc) is 2.64. The summed E-state index contributed by atoms with van der Waals surface area (Å²) in [6.07, 6.45) is 3.53. The van der Waals surface area contributed by atoms with Crippen LogP contribution in [0.3, 0.4) is 0 Å². The van der Waals surface area contributed by atoms with Gasteiger partial charge in [-0.3, -0.25) is 4.57 Å². The molecule has 1 aliphatic rings. The SMILES string of the molecule is C=CCOP(=O)(OCC=C)C1(C)CC(C)(C)Nc2cc(Cl)c(Cl)cc2N1. The molecule has 0 saturated heterocycles. The van der Waals surface area contributed by atoms with Crippen LogP contribution in [0.1, 0.15) is 27.2 Å². The van der Waals surface area contributed by atoms with Gasteiger partial charge in [-0.1, -0.05) is 35.4 Å². The van der Waals surface area contributed by atoms with Crippen LogP contribution in [0.15, 0.2) is 37.4 Å². The smallest absolute Gasteiger partial charge is 0.356 e. The van der Waals surface area contributed by atoms with E-state index in [1.165, 1.54) is 12.2 Å². The molecular formula is C18H25Cl2N2O3P. The molecule has 0 spiro atoms. The summed E-state index contributed by atoms with van der Waals surface area (Å²) in [6, 6.07) is 3.46. The van der Waals surface area contributed by atoms with Crippen molar-refractivity contribution in [1.29, 1.82) is 0 Å². The fourth-order valence-electron chi connectivity index (χ4n) is 3.15. The Morgan fingerprint density at radius 2 is 1.54 bits per heavy atom. The molecule has 1 aromatic rings. The highest BCUT2D eigenvalue weighted by atomic mass is 35.5. The highest BCUT2D eigenvalue weighted by Gasteiger charge is 2.52. The van der Waals surface area contributed by atoms with E-state index < -0.39 is 18.4 Å². The number of nitrogens with one attached hydrogen (secondary N) is 2. The van der Waals surface area contributed by atoms with E-state index in [9.17, 15) is 4.57 Å². The van der Waals surface area contributed by atoms with Crippen molar-refractivity contribution in [2.24, 2.45) is 0 Å². The first-order chi connectivity index (χ1) is 12.1. The van der Waals surface area contributed by atoms with Gasteiger partial charge in [0, 0.05) is 12.0 Å². The van der Waals surface area contributed by atoms with Crippen LogP contribution in [0.4, 0.5) is 11.4 Å². The fourth-order valence-corrected chi connectivity index (χ4v) is 5.57. The van der Waals surface area contributed by atoms with E-state index in [1.54, 1.807) is 12.1 Å². The summed E-state index contributed by atoms with van der Waals surface area (Å²) in [6.45, 7) is 13.3. The highest BCUT2D eigenvalue weighted by Crippen LogP contribution is 2.63. The molecule has 1 heterocycles. The summed E-state index contributed by atoms with van der Waals surface area (Å²) in [5, 5.41) is 6.58. The summed E-state index contributed by atoms with van der Waals surface area (Å²) < 4.78 is 25.0. The number of anilines is 2. The van der Waals surface area contributed by atoms with E-state index in [2.05, 4.69) is 23.8 Å². The van der Waals surface area contributed by atoms with Crippen molar-refractivity contribution < 1.29 is 13.6 Å². The zero-order valence-corrected chi connectivity index (χ0v) is 17.7. The summed E-state index contributed by atoms with van der Waals surface area (Å²) in [4.78, 5) is 0. The van der Waals surface area contributed by atoms with Crippen LogP contribution in [0, 0.1) is 0 Å². The van der Waals surface area contributed by atoms with Crippen molar-refractivity contribution in [2.45, 2.75) is 38.0 Å². The summed E-state index contributed by atoms with van der Waals surface area (Å²) in [5.74, 6) is 0. The molecule has 0 amide bonds. The first-order valence-corrected chi connectivity index (χ1v) is 10.5. The third-order valence-corrected chi connectivity index (χ3v) is 7.23. The minimum atomic E-state index is -3.60. The predicted molar refractivity (Wildman–Crippen MR) is 111 cm³/mol. The van der Waals surface area contributed by atoms with Crippen LogP contribution >= 0.6 is 30.8 Å². The molecule has 0 saturated carbocycles. The van der Waals surface area contributed by atoms with Crippen LogP contribution < -0.4 is 10.6 Å². The van der Waals surface area contributed by atoms with E-state index >= 15 is 0 Å². The topological polar surface area (TPSA) is 59.6 Å². The van der Waals surface area contributed by atoms with E-state index in [0.717, 1.165) is 5.69 Å². The Hall–Kier alpha value is -0.970. The van der Waals surface area contributed by atoms with Crippen molar-refractivity contribution in [3.05, 3.63) is 47.5 Å². The summed E-state index contributed by atoms with van der Waals surface area (Å²) >= 11 is 12.4. The number of rotatable bonds is 7.